The highest BCUT2D eigenvalue weighted by Gasteiger charge is 2.18. The molecule has 0 spiro atoms. The van der Waals surface area contributed by atoms with Crippen LogP contribution in [0.1, 0.15) is 48.0 Å². The van der Waals surface area contributed by atoms with E-state index in [1.807, 2.05) is 26.8 Å². The van der Waals surface area contributed by atoms with Crippen molar-refractivity contribution in [1.29, 1.82) is 0 Å². The molecule has 0 aliphatic rings. The molecule has 1 aromatic heterocycles. The number of aromatic nitrogens is 1. The molecule has 0 bridgehead atoms. The number of rotatable bonds is 5. The SMILES string of the molecule is CCC(C)(C)NC(=O)c1ccc(NC(=O)c2cc3ccc(Cl)cc3[nH]2)cc1. The largest absolute Gasteiger partial charge is 0.350 e. The molecule has 0 unspecified atom stereocenters. The zero-order valence-electron chi connectivity index (χ0n) is 15.5. The highest BCUT2D eigenvalue weighted by atomic mass is 35.5. The van der Waals surface area contributed by atoms with E-state index < -0.39 is 0 Å². The lowest BCUT2D eigenvalue weighted by molar-refractivity contribution is 0.0911. The highest BCUT2D eigenvalue weighted by Crippen LogP contribution is 2.21. The number of hydrogen-bond acceptors (Lipinski definition) is 2. The number of carbonyl (C=O) groups is 2. The Bertz CT molecular complexity index is 990. The fraction of sp³-hybridized carbons (Fsp3) is 0.238. The molecule has 6 heteroatoms. The van der Waals surface area contributed by atoms with E-state index in [4.69, 9.17) is 11.6 Å². The lowest BCUT2D eigenvalue weighted by Gasteiger charge is -2.24. The first-order chi connectivity index (χ1) is 12.8. The van der Waals surface area contributed by atoms with Crippen LogP contribution in [-0.2, 0) is 0 Å². The molecular formula is C21H22ClN3O2. The number of fused-ring (bicyclic) bond motifs is 1. The fourth-order valence-electron chi connectivity index (χ4n) is 2.59. The van der Waals surface area contributed by atoms with Crippen molar-refractivity contribution < 1.29 is 9.59 Å². The number of carbonyl (C=O) groups excluding carboxylic acids is 2. The Hall–Kier alpha value is -2.79. The van der Waals surface area contributed by atoms with E-state index in [2.05, 4.69) is 15.6 Å². The minimum atomic E-state index is -0.261. The average Bonchev–Trinajstić information content (AvgIpc) is 3.05. The summed E-state index contributed by atoms with van der Waals surface area (Å²) in [5.41, 5.74) is 2.15. The topological polar surface area (TPSA) is 74.0 Å². The van der Waals surface area contributed by atoms with E-state index in [1.54, 1.807) is 42.5 Å². The van der Waals surface area contributed by atoms with Crippen LogP contribution in [0, 0.1) is 0 Å². The highest BCUT2D eigenvalue weighted by molar-refractivity contribution is 6.31. The predicted octanol–water partition coefficient (Wildman–Crippen LogP) is 4.99. The number of benzene rings is 2. The van der Waals surface area contributed by atoms with Crippen LogP contribution in [0.15, 0.2) is 48.5 Å². The van der Waals surface area contributed by atoms with Gasteiger partial charge in [-0.1, -0.05) is 24.6 Å². The van der Waals surface area contributed by atoms with E-state index in [9.17, 15) is 9.59 Å². The van der Waals surface area contributed by atoms with Gasteiger partial charge in [0.2, 0.25) is 0 Å². The van der Waals surface area contributed by atoms with Crippen LogP contribution in [0.4, 0.5) is 5.69 Å². The third kappa shape index (κ3) is 4.49. The quantitative estimate of drug-likeness (QED) is 0.580. The summed E-state index contributed by atoms with van der Waals surface area (Å²) >= 11 is 5.97. The summed E-state index contributed by atoms with van der Waals surface area (Å²) in [5, 5.41) is 7.33. The fourth-order valence-corrected chi connectivity index (χ4v) is 2.76. The normalized spacial score (nSPS) is 11.4. The third-order valence-electron chi connectivity index (χ3n) is 4.57. The zero-order valence-corrected chi connectivity index (χ0v) is 16.3. The van der Waals surface area contributed by atoms with Crippen LogP contribution in [0.5, 0.6) is 0 Å². The van der Waals surface area contributed by atoms with Crippen LogP contribution in [0.25, 0.3) is 10.9 Å². The van der Waals surface area contributed by atoms with Crippen LogP contribution >= 0.6 is 11.6 Å². The van der Waals surface area contributed by atoms with E-state index in [1.165, 1.54) is 0 Å². The molecule has 0 fully saturated rings. The van der Waals surface area contributed by atoms with Crippen LogP contribution in [0.2, 0.25) is 5.02 Å². The molecule has 3 rings (SSSR count). The van der Waals surface area contributed by atoms with Gasteiger partial charge >= 0.3 is 0 Å². The second-order valence-corrected chi connectivity index (χ2v) is 7.57. The van der Waals surface area contributed by atoms with Gasteiger partial charge in [0.25, 0.3) is 11.8 Å². The summed E-state index contributed by atoms with van der Waals surface area (Å²) < 4.78 is 0. The predicted molar refractivity (Wildman–Crippen MR) is 110 cm³/mol. The summed E-state index contributed by atoms with van der Waals surface area (Å²) in [6.07, 6.45) is 0.836. The van der Waals surface area contributed by atoms with Crippen molar-refractivity contribution in [1.82, 2.24) is 10.3 Å². The molecule has 0 aliphatic carbocycles. The van der Waals surface area contributed by atoms with Gasteiger partial charge in [-0.3, -0.25) is 9.59 Å². The van der Waals surface area contributed by atoms with Gasteiger partial charge in [-0.2, -0.15) is 0 Å². The second-order valence-electron chi connectivity index (χ2n) is 7.14. The zero-order chi connectivity index (χ0) is 19.6. The van der Waals surface area contributed by atoms with Gasteiger partial charge in [-0.25, -0.2) is 0 Å². The van der Waals surface area contributed by atoms with Crippen molar-refractivity contribution in [3.8, 4) is 0 Å². The van der Waals surface area contributed by atoms with E-state index in [0.29, 0.717) is 22.0 Å². The molecule has 0 radical (unpaired) electrons. The van der Waals surface area contributed by atoms with Crippen LogP contribution in [0.3, 0.4) is 0 Å². The third-order valence-corrected chi connectivity index (χ3v) is 4.81. The molecule has 2 amide bonds. The smallest absolute Gasteiger partial charge is 0.272 e. The summed E-state index contributed by atoms with van der Waals surface area (Å²) in [5.74, 6) is -0.390. The number of H-pyrrole nitrogens is 1. The number of halogens is 1. The Kier molecular flexibility index (Phi) is 5.24. The molecule has 0 aliphatic heterocycles. The van der Waals surface area contributed by atoms with E-state index >= 15 is 0 Å². The molecule has 140 valence electrons. The Morgan fingerprint density at radius 3 is 2.41 bits per heavy atom. The Morgan fingerprint density at radius 1 is 1.04 bits per heavy atom. The van der Waals surface area contributed by atoms with Gasteiger partial charge < -0.3 is 15.6 Å². The minimum Gasteiger partial charge on any atom is -0.350 e. The average molecular weight is 384 g/mol. The van der Waals surface area contributed by atoms with Crippen LogP contribution in [-0.4, -0.2) is 22.3 Å². The Morgan fingerprint density at radius 2 is 1.74 bits per heavy atom. The first-order valence-corrected chi connectivity index (χ1v) is 9.17. The van der Waals surface area contributed by atoms with Crippen LogP contribution < -0.4 is 10.6 Å². The Labute approximate surface area is 163 Å². The van der Waals surface area contributed by atoms with E-state index in [-0.39, 0.29) is 17.4 Å². The first-order valence-electron chi connectivity index (χ1n) is 8.79. The summed E-state index contributed by atoms with van der Waals surface area (Å²) in [6, 6.07) is 14.0. The van der Waals surface area contributed by atoms with Gasteiger partial charge in [0.15, 0.2) is 0 Å². The molecule has 2 aromatic carbocycles. The maximum atomic E-state index is 12.5. The van der Waals surface area contributed by atoms with Crippen molar-refractivity contribution in [3.05, 3.63) is 64.8 Å². The molecule has 0 atom stereocenters. The number of nitrogens with one attached hydrogen (secondary N) is 3. The lowest BCUT2D eigenvalue weighted by atomic mass is 10.0. The summed E-state index contributed by atoms with van der Waals surface area (Å²) in [7, 11) is 0. The molecule has 1 heterocycles. The van der Waals surface area contributed by atoms with Crippen molar-refractivity contribution in [2.24, 2.45) is 0 Å². The lowest BCUT2D eigenvalue weighted by Crippen LogP contribution is -2.42. The maximum Gasteiger partial charge on any atom is 0.272 e. The number of aromatic amines is 1. The molecule has 3 N–H and O–H groups in total. The van der Waals surface area contributed by atoms with Gasteiger partial charge in [0.05, 0.1) is 0 Å². The van der Waals surface area contributed by atoms with Gasteiger partial charge in [0, 0.05) is 32.7 Å². The van der Waals surface area contributed by atoms with Gasteiger partial charge in [-0.05, 0) is 62.7 Å². The first kappa shape index (κ1) is 19.0. The number of amides is 2. The maximum absolute atomic E-state index is 12.5. The van der Waals surface area contributed by atoms with Crippen molar-refractivity contribution in [3.63, 3.8) is 0 Å². The van der Waals surface area contributed by atoms with E-state index in [0.717, 1.165) is 17.3 Å². The number of hydrogen-bond donors (Lipinski definition) is 3. The molecular weight excluding hydrogens is 362 g/mol. The van der Waals surface area contributed by atoms with Crippen molar-refractivity contribution in [2.75, 3.05) is 5.32 Å². The number of anilines is 1. The van der Waals surface area contributed by atoms with Crippen molar-refractivity contribution in [2.45, 2.75) is 32.7 Å². The Balaban J connectivity index is 1.70. The molecule has 3 aromatic rings. The van der Waals surface area contributed by atoms with Gasteiger partial charge in [-0.15, -0.1) is 0 Å². The molecule has 5 nitrogen and oxygen atoms in total. The van der Waals surface area contributed by atoms with Gasteiger partial charge in [0.1, 0.15) is 5.69 Å². The molecule has 27 heavy (non-hydrogen) atoms. The summed E-state index contributed by atoms with van der Waals surface area (Å²) in [6.45, 7) is 5.98. The summed E-state index contributed by atoms with van der Waals surface area (Å²) in [4.78, 5) is 27.8. The van der Waals surface area contributed by atoms with Crippen molar-refractivity contribution >= 4 is 40.0 Å². The standard InChI is InChI=1S/C21H22ClN3O2/c1-4-21(2,3)25-19(26)13-6-9-16(10-7-13)23-20(27)18-11-14-5-8-15(22)12-17(14)24-18/h5-12,24H,4H2,1-3H3,(H,23,27)(H,25,26). The molecule has 0 saturated carbocycles. The minimum absolute atomic E-state index is 0.132. The molecule has 0 saturated heterocycles. The second kappa shape index (κ2) is 7.45. The monoisotopic (exact) mass is 383 g/mol.